The molecule has 0 amide bonds. The van der Waals surface area contributed by atoms with Crippen LogP contribution < -0.4 is 4.74 Å². The Labute approximate surface area is 273 Å². The van der Waals surface area contributed by atoms with Gasteiger partial charge in [0.1, 0.15) is 23.9 Å². The van der Waals surface area contributed by atoms with Crippen molar-refractivity contribution >= 4 is 13.5 Å². The van der Waals surface area contributed by atoms with Crippen LogP contribution in [-0.4, -0.2) is 52.6 Å². The smallest absolute Gasteiger partial charge is 0.213 e. The summed E-state index contributed by atoms with van der Waals surface area (Å²) in [5.74, 6) is -0.325. The molecule has 2 radical (unpaired) electrons. The average Bonchev–Trinajstić information content (AvgIpc) is 3.51. The zero-order valence-corrected chi connectivity index (χ0v) is 27.7. The van der Waals surface area contributed by atoms with Gasteiger partial charge < -0.3 is 14.1 Å². The first kappa shape index (κ1) is 36.4. The third-order valence-corrected chi connectivity index (χ3v) is 7.93. The minimum absolute atomic E-state index is 0.0274. The van der Waals surface area contributed by atoms with Gasteiger partial charge in [-0.15, -0.1) is 0 Å². The predicted octanol–water partition coefficient (Wildman–Crippen LogP) is 7.77. The van der Waals surface area contributed by atoms with Crippen LogP contribution >= 0.6 is 0 Å². The zero-order valence-electron chi connectivity index (χ0n) is 27.7. The molecule has 0 bridgehead atoms. The largest absolute Gasteiger partial charge is 0.473 e. The molecule has 2 aromatic carbocycles. The van der Waals surface area contributed by atoms with Gasteiger partial charge in [0.25, 0.3) is 0 Å². The number of hydrogen-bond acceptors (Lipinski definition) is 5. The molecule has 0 spiro atoms. The summed E-state index contributed by atoms with van der Waals surface area (Å²) in [5.41, 5.74) is 6.31. The van der Waals surface area contributed by atoms with Crippen molar-refractivity contribution in [2.24, 2.45) is 0 Å². The molecule has 1 aliphatic rings. The number of benzene rings is 2. The van der Waals surface area contributed by atoms with E-state index in [0.29, 0.717) is 22.9 Å². The molecule has 0 N–H and O–H groups in total. The van der Waals surface area contributed by atoms with Crippen LogP contribution in [0.3, 0.4) is 0 Å². The second-order valence-electron chi connectivity index (χ2n) is 11.6. The van der Waals surface area contributed by atoms with Crippen LogP contribution in [0.4, 0.5) is 8.78 Å². The summed E-state index contributed by atoms with van der Waals surface area (Å²) >= 11 is 0. The van der Waals surface area contributed by atoms with Gasteiger partial charge in [0.2, 0.25) is 5.88 Å². The number of halogens is 2. The lowest BCUT2D eigenvalue weighted by Crippen LogP contribution is -2.34. The van der Waals surface area contributed by atoms with Crippen molar-refractivity contribution in [2.75, 3.05) is 19.6 Å². The molecular formula is C37H45BF2N4O2. The van der Waals surface area contributed by atoms with Gasteiger partial charge in [0.05, 0.1) is 6.33 Å². The number of nitrogens with zero attached hydrogens (tertiary/aromatic N) is 4. The van der Waals surface area contributed by atoms with Gasteiger partial charge in [-0.2, -0.15) is 0 Å². The van der Waals surface area contributed by atoms with E-state index in [1.54, 1.807) is 18.2 Å². The molecule has 0 unspecified atom stereocenters. The van der Waals surface area contributed by atoms with E-state index in [-0.39, 0.29) is 12.3 Å². The lowest BCUT2D eigenvalue weighted by Gasteiger charge is -2.31. The predicted molar refractivity (Wildman–Crippen MR) is 181 cm³/mol. The van der Waals surface area contributed by atoms with E-state index < -0.39 is 11.6 Å². The fourth-order valence-electron chi connectivity index (χ4n) is 5.12. The molecule has 0 saturated carbocycles. The maximum atomic E-state index is 13.7. The summed E-state index contributed by atoms with van der Waals surface area (Å²) < 4.78 is 34.4. The number of hydrogen-bond donors (Lipinski definition) is 0. The lowest BCUT2D eigenvalue weighted by molar-refractivity contribution is 0.108. The van der Waals surface area contributed by atoms with Crippen LogP contribution in [0.5, 0.6) is 5.88 Å². The summed E-state index contributed by atoms with van der Waals surface area (Å²) in [5, 5.41) is 0. The fraction of sp³-hybridized carbons (Fsp3) is 0.378. The monoisotopic (exact) mass is 626 g/mol. The molecule has 242 valence electrons. The molecule has 1 fully saturated rings. The van der Waals surface area contributed by atoms with E-state index in [1.807, 2.05) is 44.6 Å². The summed E-state index contributed by atoms with van der Waals surface area (Å²) in [6, 6.07) is 14.6. The summed E-state index contributed by atoms with van der Waals surface area (Å²) in [4.78, 5) is 21.7. The number of imidazole rings is 1. The Balaban J connectivity index is 0.000000235. The second kappa shape index (κ2) is 18.1. The highest BCUT2D eigenvalue weighted by Crippen LogP contribution is 2.28. The van der Waals surface area contributed by atoms with E-state index in [0.717, 1.165) is 62.8 Å². The molecule has 0 aliphatic carbocycles. The van der Waals surface area contributed by atoms with Crippen LogP contribution in [0.2, 0.25) is 0 Å². The Bertz CT molecular complexity index is 1560. The Kier molecular flexibility index (Phi) is 14.3. The molecule has 1 saturated heterocycles. The number of likely N-dealkylation sites (tertiary alicyclic amines) is 1. The SMILES string of the molecule is C=C(C)CN1CCC(c2cccc(OCc3ccc(F)cc3F)n2)CC1.CCc1cncn1CC.[B]C(=O)c1ccc(C)c(C)c1. The maximum Gasteiger partial charge on any atom is 0.213 e. The minimum atomic E-state index is -0.606. The average molecular weight is 627 g/mol. The third kappa shape index (κ3) is 11.4. The number of aromatic nitrogens is 3. The summed E-state index contributed by atoms with van der Waals surface area (Å²) in [6.45, 7) is 18.3. The Morgan fingerprint density at radius 1 is 1.04 bits per heavy atom. The number of pyridine rings is 1. The van der Waals surface area contributed by atoms with Crippen LogP contribution in [0.15, 0.2) is 79.3 Å². The van der Waals surface area contributed by atoms with Gasteiger partial charge in [-0.25, -0.2) is 18.7 Å². The van der Waals surface area contributed by atoms with E-state index in [1.165, 1.54) is 29.0 Å². The molecular weight excluding hydrogens is 581 g/mol. The van der Waals surface area contributed by atoms with Crippen molar-refractivity contribution in [1.29, 1.82) is 0 Å². The molecule has 46 heavy (non-hydrogen) atoms. The number of aryl methyl sites for hydroxylation is 4. The Hall–Kier alpha value is -4.11. The van der Waals surface area contributed by atoms with Gasteiger partial charge in [-0.05, 0) is 95.4 Å². The Morgan fingerprint density at radius 3 is 2.37 bits per heavy atom. The quantitative estimate of drug-likeness (QED) is 0.140. The van der Waals surface area contributed by atoms with Crippen LogP contribution in [0, 0.1) is 25.5 Å². The number of carbonyl (C=O) groups excluding carboxylic acids is 1. The van der Waals surface area contributed by atoms with Crippen molar-refractivity contribution in [3.05, 3.63) is 125 Å². The van der Waals surface area contributed by atoms with Crippen LogP contribution in [-0.2, 0) is 19.6 Å². The van der Waals surface area contributed by atoms with E-state index in [2.05, 4.69) is 46.8 Å². The highest BCUT2D eigenvalue weighted by molar-refractivity contribution is 6.62. The van der Waals surface area contributed by atoms with E-state index in [9.17, 15) is 13.6 Å². The van der Waals surface area contributed by atoms with E-state index >= 15 is 0 Å². The second-order valence-corrected chi connectivity index (χ2v) is 11.6. The zero-order chi connectivity index (χ0) is 33.6. The van der Waals surface area contributed by atoms with Gasteiger partial charge in [0, 0.05) is 59.9 Å². The first-order valence-electron chi connectivity index (χ1n) is 15.8. The van der Waals surface area contributed by atoms with Gasteiger partial charge in [0.15, 0.2) is 7.85 Å². The van der Waals surface area contributed by atoms with Crippen molar-refractivity contribution in [3.63, 3.8) is 0 Å². The molecule has 9 heteroatoms. The fourth-order valence-corrected chi connectivity index (χ4v) is 5.12. The van der Waals surface area contributed by atoms with Gasteiger partial charge in [-0.1, -0.05) is 37.3 Å². The molecule has 4 aromatic rings. The van der Waals surface area contributed by atoms with Crippen LogP contribution in [0.25, 0.3) is 0 Å². The molecule has 1 aliphatic heterocycles. The number of piperidine rings is 1. The topological polar surface area (TPSA) is 60.2 Å². The molecule has 0 atom stereocenters. The summed E-state index contributed by atoms with van der Waals surface area (Å²) in [7, 11) is 5.09. The van der Waals surface area contributed by atoms with Crippen molar-refractivity contribution in [1.82, 2.24) is 19.4 Å². The molecule has 3 heterocycles. The number of carbonyl (C=O) groups is 1. The van der Waals surface area contributed by atoms with Crippen LogP contribution in [0.1, 0.15) is 78.0 Å². The van der Waals surface area contributed by atoms with Crippen molar-refractivity contribution in [3.8, 4) is 5.88 Å². The highest BCUT2D eigenvalue weighted by atomic mass is 19.1. The number of rotatable bonds is 9. The first-order valence-corrected chi connectivity index (χ1v) is 15.8. The summed E-state index contributed by atoms with van der Waals surface area (Å²) in [6.07, 6.45) is 6.98. The number of ether oxygens (including phenoxy) is 1. The van der Waals surface area contributed by atoms with Crippen molar-refractivity contribution in [2.45, 2.75) is 73.0 Å². The van der Waals surface area contributed by atoms with Crippen molar-refractivity contribution < 1.29 is 18.3 Å². The third-order valence-electron chi connectivity index (χ3n) is 7.93. The lowest BCUT2D eigenvalue weighted by atomic mass is 9.93. The standard InChI is InChI=1S/C21H24F2N2O.C9H9BO.C7H12N2/c1-15(2)13-25-10-8-16(9-11-25)20-4-3-5-21(24-20)26-14-17-6-7-18(22)12-19(17)23;1-6-3-4-8(9(10)11)5-7(6)2;1-3-7-5-8-6-9(7)4-2/h3-7,12,16H,1,8-11,13-14H2,2H3;3-5H,1-2H3;5-6H,3-4H2,1-2H3. The Morgan fingerprint density at radius 2 is 1.78 bits per heavy atom. The molecule has 5 rings (SSSR count). The van der Waals surface area contributed by atoms with Gasteiger partial charge in [-0.3, -0.25) is 4.90 Å². The highest BCUT2D eigenvalue weighted by Gasteiger charge is 2.21. The minimum Gasteiger partial charge on any atom is -0.473 e. The molecule has 2 aromatic heterocycles. The first-order chi connectivity index (χ1) is 22.0. The maximum absolute atomic E-state index is 13.7. The molecule has 6 nitrogen and oxygen atoms in total. The van der Waals surface area contributed by atoms with Gasteiger partial charge >= 0.3 is 0 Å². The normalized spacial score (nSPS) is 13.2. The van der Waals surface area contributed by atoms with E-state index in [4.69, 9.17) is 12.6 Å².